The van der Waals surface area contributed by atoms with Gasteiger partial charge in [-0.15, -0.1) is 0 Å². The van der Waals surface area contributed by atoms with E-state index in [2.05, 4.69) is 42.9 Å². The Morgan fingerprint density at radius 2 is 2.16 bits per heavy atom. The number of fused-ring (bicyclic) bond motifs is 1. The molecule has 0 unspecified atom stereocenters. The van der Waals surface area contributed by atoms with Crippen LogP contribution in [0.3, 0.4) is 0 Å². The average molecular weight is 320 g/mol. The third-order valence-corrected chi connectivity index (χ3v) is 4.11. The molecule has 1 aromatic heterocycles. The van der Waals surface area contributed by atoms with Crippen LogP contribution in [0, 0.1) is 0 Å². The molecule has 2 aromatic rings. The van der Waals surface area contributed by atoms with Crippen LogP contribution in [0.15, 0.2) is 35.1 Å². The molecule has 1 heterocycles. The van der Waals surface area contributed by atoms with Crippen molar-refractivity contribution in [3.8, 4) is 0 Å². The lowest BCUT2D eigenvalue weighted by atomic mass is 10.0. The zero-order chi connectivity index (χ0) is 13.1. The van der Waals surface area contributed by atoms with E-state index in [0.29, 0.717) is 0 Å². The number of anilines is 1. The van der Waals surface area contributed by atoms with E-state index in [0.717, 1.165) is 29.7 Å². The molecule has 0 saturated heterocycles. The molecule has 0 fully saturated rings. The van der Waals surface area contributed by atoms with Crippen LogP contribution in [0.4, 0.5) is 5.69 Å². The number of hydrogen-bond acceptors (Lipinski definition) is 2. The van der Waals surface area contributed by atoms with Gasteiger partial charge in [-0.25, -0.2) is 4.98 Å². The SMILES string of the molecule is Brc1cccc(NCCn2cnc3c2CCCC3)c1. The van der Waals surface area contributed by atoms with Crippen LogP contribution in [0.5, 0.6) is 0 Å². The summed E-state index contributed by atoms with van der Waals surface area (Å²) in [4.78, 5) is 4.52. The smallest absolute Gasteiger partial charge is 0.0952 e. The molecule has 1 aliphatic rings. The first-order chi connectivity index (χ1) is 9.33. The number of imidazole rings is 1. The van der Waals surface area contributed by atoms with Gasteiger partial charge in [-0.05, 0) is 43.9 Å². The van der Waals surface area contributed by atoms with E-state index in [9.17, 15) is 0 Å². The molecular weight excluding hydrogens is 302 g/mol. The molecule has 0 atom stereocenters. The van der Waals surface area contributed by atoms with Crippen molar-refractivity contribution < 1.29 is 0 Å². The van der Waals surface area contributed by atoms with Gasteiger partial charge in [0.2, 0.25) is 0 Å². The van der Waals surface area contributed by atoms with E-state index < -0.39 is 0 Å². The van der Waals surface area contributed by atoms with Crippen LogP contribution in [-0.2, 0) is 19.4 Å². The van der Waals surface area contributed by atoms with Crippen molar-refractivity contribution in [2.75, 3.05) is 11.9 Å². The summed E-state index contributed by atoms with van der Waals surface area (Å²) in [6.45, 7) is 1.91. The molecule has 100 valence electrons. The number of rotatable bonds is 4. The summed E-state index contributed by atoms with van der Waals surface area (Å²) in [6, 6.07) is 8.28. The van der Waals surface area contributed by atoms with Crippen LogP contribution in [0.25, 0.3) is 0 Å². The highest BCUT2D eigenvalue weighted by Crippen LogP contribution is 2.20. The minimum atomic E-state index is 0.930. The Hall–Kier alpha value is -1.29. The fourth-order valence-electron chi connectivity index (χ4n) is 2.64. The molecule has 1 aliphatic carbocycles. The van der Waals surface area contributed by atoms with Gasteiger partial charge in [0.05, 0.1) is 12.0 Å². The second-order valence-electron chi connectivity index (χ2n) is 4.98. The van der Waals surface area contributed by atoms with Crippen molar-refractivity contribution in [1.82, 2.24) is 9.55 Å². The number of benzene rings is 1. The van der Waals surface area contributed by atoms with Crippen molar-refractivity contribution in [2.24, 2.45) is 0 Å². The zero-order valence-electron chi connectivity index (χ0n) is 10.9. The van der Waals surface area contributed by atoms with Crippen molar-refractivity contribution in [3.05, 3.63) is 46.5 Å². The maximum Gasteiger partial charge on any atom is 0.0952 e. The normalized spacial score (nSPS) is 14.2. The molecule has 1 aromatic carbocycles. The lowest BCUT2D eigenvalue weighted by molar-refractivity contribution is 0.613. The number of aromatic nitrogens is 2. The second-order valence-corrected chi connectivity index (χ2v) is 5.89. The van der Waals surface area contributed by atoms with Gasteiger partial charge < -0.3 is 9.88 Å². The molecule has 0 aliphatic heterocycles. The molecule has 0 bridgehead atoms. The van der Waals surface area contributed by atoms with Crippen LogP contribution >= 0.6 is 15.9 Å². The van der Waals surface area contributed by atoms with Crippen LogP contribution in [0.2, 0.25) is 0 Å². The minimum absolute atomic E-state index is 0.930. The molecule has 0 amide bonds. The molecule has 1 N–H and O–H groups in total. The van der Waals surface area contributed by atoms with E-state index in [-0.39, 0.29) is 0 Å². The van der Waals surface area contributed by atoms with Gasteiger partial charge in [-0.2, -0.15) is 0 Å². The highest BCUT2D eigenvalue weighted by molar-refractivity contribution is 9.10. The lowest BCUT2D eigenvalue weighted by Gasteiger charge is -2.14. The van der Waals surface area contributed by atoms with Gasteiger partial charge in [0.15, 0.2) is 0 Å². The highest BCUT2D eigenvalue weighted by Gasteiger charge is 2.14. The fourth-order valence-corrected chi connectivity index (χ4v) is 3.04. The first kappa shape index (κ1) is 12.7. The largest absolute Gasteiger partial charge is 0.383 e. The summed E-state index contributed by atoms with van der Waals surface area (Å²) < 4.78 is 3.41. The standard InChI is InChI=1S/C15H18BrN3/c16-12-4-3-5-13(10-12)17-8-9-19-11-18-14-6-1-2-7-15(14)19/h3-5,10-11,17H,1-2,6-9H2. The number of halogens is 1. The maximum absolute atomic E-state index is 4.52. The van der Waals surface area contributed by atoms with E-state index in [4.69, 9.17) is 0 Å². The Labute approximate surface area is 122 Å². The fraction of sp³-hybridized carbons (Fsp3) is 0.400. The topological polar surface area (TPSA) is 29.9 Å². The molecule has 4 heteroatoms. The van der Waals surface area contributed by atoms with Gasteiger partial charge >= 0.3 is 0 Å². The Kier molecular flexibility index (Phi) is 3.87. The summed E-state index contributed by atoms with van der Waals surface area (Å²) in [7, 11) is 0. The first-order valence-corrected chi connectivity index (χ1v) is 7.64. The number of aryl methyl sites for hydroxylation is 1. The Morgan fingerprint density at radius 1 is 1.26 bits per heavy atom. The Bertz CT molecular complexity index is 562. The van der Waals surface area contributed by atoms with E-state index >= 15 is 0 Å². The van der Waals surface area contributed by atoms with Crippen molar-refractivity contribution in [2.45, 2.75) is 32.2 Å². The van der Waals surface area contributed by atoms with Gasteiger partial charge in [-0.3, -0.25) is 0 Å². The minimum Gasteiger partial charge on any atom is -0.383 e. The predicted octanol–water partition coefficient (Wildman–Crippen LogP) is 3.64. The molecule has 0 spiro atoms. The highest BCUT2D eigenvalue weighted by atomic mass is 79.9. The van der Waals surface area contributed by atoms with Crippen LogP contribution in [-0.4, -0.2) is 16.1 Å². The molecule has 0 saturated carbocycles. The summed E-state index contributed by atoms with van der Waals surface area (Å²) in [5.74, 6) is 0. The first-order valence-electron chi connectivity index (χ1n) is 6.85. The summed E-state index contributed by atoms with van der Waals surface area (Å²) in [5, 5.41) is 3.45. The zero-order valence-corrected chi connectivity index (χ0v) is 12.5. The molecular formula is C15H18BrN3. The lowest BCUT2D eigenvalue weighted by Crippen LogP contribution is -2.14. The molecule has 0 radical (unpaired) electrons. The predicted molar refractivity (Wildman–Crippen MR) is 81.5 cm³/mol. The van der Waals surface area contributed by atoms with Gasteiger partial charge in [0, 0.05) is 28.9 Å². The quantitative estimate of drug-likeness (QED) is 0.932. The van der Waals surface area contributed by atoms with E-state index in [1.165, 1.54) is 30.7 Å². The third kappa shape index (κ3) is 3.00. The number of nitrogens with zero attached hydrogens (tertiary/aromatic N) is 2. The van der Waals surface area contributed by atoms with E-state index in [1.807, 2.05) is 18.5 Å². The number of hydrogen-bond donors (Lipinski definition) is 1. The van der Waals surface area contributed by atoms with E-state index in [1.54, 1.807) is 0 Å². The Morgan fingerprint density at radius 3 is 3.05 bits per heavy atom. The van der Waals surface area contributed by atoms with Gasteiger partial charge in [0.1, 0.15) is 0 Å². The summed E-state index contributed by atoms with van der Waals surface area (Å²) in [5.41, 5.74) is 3.92. The van der Waals surface area contributed by atoms with Gasteiger partial charge in [0.25, 0.3) is 0 Å². The average Bonchev–Trinajstić information content (AvgIpc) is 2.83. The Balaban J connectivity index is 1.59. The van der Waals surface area contributed by atoms with Crippen molar-refractivity contribution in [1.29, 1.82) is 0 Å². The second kappa shape index (κ2) is 5.78. The van der Waals surface area contributed by atoms with Crippen molar-refractivity contribution >= 4 is 21.6 Å². The van der Waals surface area contributed by atoms with Crippen LogP contribution < -0.4 is 5.32 Å². The molecule has 19 heavy (non-hydrogen) atoms. The van der Waals surface area contributed by atoms with Crippen LogP contribution in [0.1, 0.15) is 24.2 Å². The maximum atomic E-state index is 4.52. The third-order valence-electron chi connectivity index (χ3n) is 3.62. The molecule has 3 rings (SSSR count). The summed E-state index contributed by atoms with van der Waals surface area (Å²) >= 11 is 3.49. The summed E-state index contributed by atoms with van der Waals surface area (Å²) in [6.07, 6.45) is 6.93. The van der Waals surface area contributed by atoms with Crippen molar-refractivity contribution in [3.63, 3.8) is 0 Å². The van der Waals surface area contributed by atoms with Gasteiger partial charge in [-0.1, -0.05) is 22.0 Å². The number of nitrogens with one attached hydrogen (secondary N) is 1. The molecule has 3 nitrogen and oxygen atoms in total. The monoisotopic (exact) mass is 319 g/mol.